The molecule has 0 N–H and O–H groups in total. The topological polar surface area (TPSA) is 12.9 Å². The van der Waals surface area contributed by atoms with Crippen LogP contribution >= 0.6 is 11.6 Å². The highest BCUT2D eigenvalue weighted by molar-refractivity contribution is 6.18. The van der Waals surface area contributed by atoms with E-state index in [1.54, 1.807) is 0 Å². The molecule has 0 saturated carbocycles. The van der Waals surface area contributed by atoms with Gasteiger partial charge in [0.2, 0.25) is 11.9 Å². The van der Waals surface area contributed by atoms with Crippen molar-refractivity contribution in [3.8, 4) is 11.8 Å². The average molecular weight is 202 g/mol. The van der Waals surface area contributed by atoms with E-state index in [4.69, 9.17) is 11.6 Å². The molecule has 0 amide bonds. The molecule has 1 rings (SSSR count). The fraction of sp³-hybridized carbons (Fsp3) is 0.222. The Morgan fingerprint density at radius 1 is 1.31 bits per heavy atom. The van der Waals surface area contributed by atoms with Crippen LogP contribution in [0.2, 0.25) is 0 Å². The molecule has 0 aliphatic heterocycles. The van der Waals surface area contributed by atoms with Crippen LogP contribution in [-0.4, -0.2) is 10.9 Å². The predicted octanol–water partition coefficient (Wildman–Crippen LogP) is 2.34. The van der Waals surface area contributed by atoms with Gasteiger partial charge in [-0.1, -0.05) is 11.8 Å². The van der Waals surface area contributed by atoms with Crippen LogP contribution < -0.4 is 0 Å². The molecule has 0 aromatic carbocycles. The predicted molar refractivity (Wildman–Crippen MR) is 46.4 cm³/mol. The second-order valence-electron chi connectivity index (χ2n) is 2.24. The number of nitrogens with zero attached hydrogens (tertiary/aromatic N) is 1. The number of hydrogen-bond donors (Lipinski definition) is 0. The monoisotopic (exact) mass is 201 g/mol. The van der Waals surface area contributed by atoms with E-state index >= 15 is 0 Å². The summed E-state index contributed by atoms with van der Waals surface area (Å²) in [4.78, 5) is 2.94. The van der Waals surface area contributed by atoms with Gasteiger partial charge in [0, 0.05) is 30.0 Å². The van der Waals surface area contributed by atoms with Gasteiger partial charge in [-0.3, -0.25) is 0 Å². The largest absolute Gasteiger partial charge is 0.216 e. The fourth-order valence-corrected chi connectivity index (χ4v) is 0.843. The van der Waals surface area contributed by atoms with Crippen molar-refractivity contribution in [1.29, 1.82) is 0 Å². The van der Waals surface area contributed by atoms with Gasteiger partial charge >= 0.3 is 0 Å². The molecule has 0 radical (unpaired) electrons. The smallest absolute Gasteiger partial charge is 0.191 e. The quantitative estimate of drug-likeness (QED) is 0.386. The first-order valence-corrected chi connectivity index (χ1v) is 4.14. The minimum atomic E-state index is -0.866. The molecule has 0 unspecified atom stereocenters. The molecule has 1 heterocycles. The number of rotatable bonds is 1. The molecule has 13 heavy (non-hydrogen) atoms. The van der Waals surface area contributed by atoms with Gasteiger partial charge in [0.25, 0.3) is 0 Å². The van der Waals surface area contributed by atoms with Crippen molar-refractivity contribution in [2.24, 2.45) is 0 Å². The van der Waals surface area contributed by atoms with Crippen molar-refractivity contribution in [3.05, 3.63) is 29.6 Å². The SMILES string of the molecule is Fc1cc(C#CCCCl)cc(F)n1. The number of hydrogen-bond acceptors (Lipinski definition) is 1. The van der Waals surface area contributed by atoms with Crippen LogP contribution in [0.25, 0.3) is 0 Å². The minimum Gasteiger partial charge on any atom is -0.191 e. The van der Waals surface area contributed by atoms with Crippen molar-refractivity contribution < 1.29 is 8.78 Å². The van der Waals surface area contributed by atoms with E-state index in [-0.39, 0.29) is 5.56 Å². The Morgan fingerprint density at radius 2 is 1.92 bits per heavy atom. The van der Waals surface area contributed by atoms with Crippen LogP contribution in [0, 0.1) is 23.7 Å². The fourth-order valence-electron chi connectivity index (χ4n) is 0.749. The molecule has 0 aliphatic carbocycles. The molecule has 1 aromatic rings. The van der Waals surface area contributed by atoms with E-state index in [1.165, 1.54) is 0 Å². The summed E-state index contributed by atoms with van der Waals surface area (Å²) in [7, 11) is 0. The van der Waals surface area contributed by atoms with E-state index in [1.807, 2.05) is 0 Å². The number of pyridine rings is 1. The second kappa shape index (κ2) is 4.78. The van der Waals surface area contributed by atoms with Crippen molar-refractivity contribution in [3.63, 3.8) is 0 Å². The van der Waals surface area contributed by atoms with Crippen molar-refractivity contribution in [2.75, 3.05) is 5.88 Å². The summed E-state index contributed by atoms with van der Waals surface area (Å²) >= 11 is 5.37. The number of halogens is 3. The third-order valence-electron chi connectivity index (χ3n) is 1.22. The van der Waals surface area contributed by atoms with E-state index in [9.17, 15) is 8.78 Å². The number of aromatic nitrogens is 1. The summed E-state index contributed by atoms with van der Waals surface area (Å²) in [5.74, 6) is 3.91. The molecular formula is C9H6ClF2N. The zero-order valence-corrected chi connectivity index (χ0v) is 7.41. The Labute approximate surface area is 79.7 Å². The molecule has 68 valence electrons. The van der Waals surface area contributed by atoms with Crippen LogP contribution in [0.3, 0.4) is 0 Å². The Hall–Kier alpha value is -1.14. The normalized spacial score (nSPS) is 9.15. The summed E-state index contributed by atoms with van der Waals surface area (Å²) in [5.41, 5.74) is 0.273. The molecule has 0 aliphatic rings. The molecule has 0 saturated heterocycles. The van der Waals surface area contributed by atoms with E-state index in [0.717, 1.165) is 12.1 Å². The molecule has 0 fully saturated rings. The zero-order valence-electron chi connectivity index (χ0n) is 6.65. The Kier molecular flexibility index (Phi) is 3.66. The van der Waals surface area contributed by atoms with Gasteiger partial charge in [-0.25, -0.2) is 0 Å². The van der Waals surface area contributed by atoms with Gasteiger partial charge < -0.3 is 0 Å². The average Bonchev–Trinajstić information content (AvgIpc) is 2.03. The number of alkyl halides is 1. The van der Waals surface area contributed by atoms with Gasteiger partial charge in [0.05, 0.1) is 0 Å². The van der Waals surface area contributed by atoms with Gasteiger partial charge in [0.1, 0.15) is 0 Å². The molecule has 0 atom stereocenters. The molecule has 1 aromatic heterocycles. The minimum absolute atomic E-state index is 0.273. The summed E-state index contributed by atoms with van der Waals surface area (Å²) in [6, 6.07) is 2.15. The van der Waals surface area contributed by atoms with Crippen molar-refractivity contribution in [1.82, 2.24) is 4.98 Å². The Balaban J connectivity index is 2.85. The third-order valence-corrected chi connectivity index (χ3v) is 1.40. The van der Waals surface area contributed by atoms with Crippen LogP contribution in [0.4, 0.5) is 8.78 Å². The molecule has 4 heteroatoms. The highest BCUT2D eigenvalue weighted by atomic mass is 35.5. The summed E-state index contributed by atoms with van der Waals surface area (Å²) in [5, 5.41) is 0. The maximum absolute atomic E-state index is 12.5. The standard InChI is InChI=1S/C9H6ClF2N/c10-4-2-1-3-7-5-8(11)13-9(12)6-7/h5-6H,2,4H2. The van der Waals surface area contributed by atoms with E-state index < -0.39 is 11.9 Å². The Bertz CT molecular complexity index is 334. The van der Waals surface area contributed by atoms with Crippen LogP contribution in [-0.2, 0) is 0 Å². The van der Waals surface area contributed by atoms with Crippen molar-refractivity contribution >= 4 is 11.6 Å². The third kappa shape index (κ3) is 3.39. The lowest BCUT2D eigenvalue weighted by Gasteiger charge is -1.91. The molecule has 1 nitrogen and oxygen atoms in total. The van der Waals surface area contributed by atoms with Crippen LogP contribution in [0.1, 0.15) is 12.0 Å². The second-order valence-corrected chi connectivity index (χ2v) is 2.62. The van der Waals surface area contributed by atoms with E-state index in [0.29, 0.717) is 12.3 Å². The first-order chi connectivity index (χ1) is 6.22. The van der Waals surface area contributed by atoms with Crippen molar-refractivity contribution in [2.45, 2.75) is 6.42 Å². The van der Waals surface area contributed by atoms with Gasteiger partial charge in [-0.15, -0.1) is 11.6 Å². The maximum atomic E-state index is 12.5. The summed E-state index contributed by atoms with van der Waals surface area (Å²) in [6.07, 6.45) is 0.493. The molecule has 0 spiro atoms. The Morgan fingerprint density at radius 3 is 2.46 bits per heavy atom. The van der Waals surface area contributed by atoms with E-state index in [2.05, 4.69) is 16.8 Å². The molecular weight excluding hydrogens is 196 g/mol. The summed E-state index contributed by atoms with van der Waals surface area (Å²) in [6.45, 7) is 0. The highest BCUT2D eigenvalue weighted by Gasteiger charge is 1.98. The highest BCUT2D eigenvalue weighted by Crippen LogP contribution is 2.02. The van der Waals surface area contributed by atoms with Gasteiger partial charge in [0.15, 0.2) is 0 Å². The van der Waals surface area contributed by atoms with Gasteiger partial charge in [-0.05, 0) is 0 Å². The van der Waals surface area contributed by atoms with Crippen LogP contribution in [0.5, 0.6) is 0 Å². The first kappa shape index (κ1) is 9.94. The van der Waals surface area contributed by atoms with Crippen LogP contribution in [0.15, 0.2) is 12.1 Å². The van der Waals surface area contributed by atoms with Gasteiger partial charge in [-0.2, -0.15) is 13.8 Å². The molecule has 0 bridgehead atoms. The maximum Gasteiger partial charge on any atom is 0.216 e. The first-order valence-electron chi connectivity index (χ1n) is 3.60. The lowest BCUT2D eigenvalue weighted by molar-refractivity contribution is 0.512. The summed E-state index contributed by atoms with van der Waals surface area (Å²) < 4.78 is 25.0. The lowest BCUT2D eigenvalue weighted by Crippen LogP contribution is -1.89. The lowest BCUT2D eigenvalue weighted by atomic mass is 10.2. The zero-order chi connectivity index (χ0) is 9.68.